The van der Waals surface area contributed by atoms with Crippen molar-refractivity contribution in [2.24, 2.45) is 0 Å². The Labute approximate surface area is 55.6 Å². The molecule has 1 heterocycles. The third-order valence-electron chi connectivity index (χ3n) is 0.970. The summed E-state index contributed by atoms with van der Waals surface area (Å²) in [4.78, 5) is 10.5. The van der Waals surface area contributed by atoms with Gasteiger partial charge in [-0.05, 0) is 0 Å². The van der Waals surface area contributed by atoms with Gasteiger partial charge in [0, 0.05) is 11.6 Å². The second-order valence-electron chi connectivity index (χ2n) is 1.55. The van der Waals surface area contributed by atoms with Gasteiger partial charge in [-0.15, -0.1) is 0 Å². The Morgan fingerprint density at radius 3 is 3.00 bits per heavy atom. The van der Waals surface area contributed by atoms with Crippen molar-refractivity contribution in [3.8, 4) is 0 Å². The molecule has 9 heavy (non-hydrogen) atoms. The van der Waals surface area contributed by atoms with Crippen LogP contribution in [0.1, 0.15) is 0 Å². The summed E-state index contributed by atoms with van der Waals surface area (Å²) in [6, 6.07) is 0. The summed E-state index contributed by atoms with van der Waals surface area (Å²) in [6.45, 7) is -0.293. The highest BCUT2D eigenvalue weighted by Gasteiger charge is 1.92. The molecule has 0 aromatic carbocycles. The molecule has 0 aliphatic rings. The van der Waals surface area contributed by atoms with Gasteiger partial charge < -0.3 is 4.57 Å². The van der Waals surface area contributed by atoms with Crippen LogP contribution >= 0.6 is 11.3 Å². The summed E-state index contributed by atoms with van der Waals surface area (Å²) in [5.41, 5.74) is 0. The van der Waals surface area contributed by atoms with Crippen LogP contribution in [0.5, 0.6) is 0 Å². The number of nitrogens with zero attached hydrogens (tertiary/aromatic N) is 1. The molecule has 0 aliphatic heterocycles. The van der Waals surface area contributed by atoms with Crippen molar-refractivity contribution in [3.05, 3.63) is 21.2 Å². The van der Waals surface area contributed by atoms with Gasteiger partial charge in [-0.2, -0.15) is 0 Å². The fraction of sp³-hybridized carbons (Fsp3) is 0.400. The molecule has 0 atom stereocenters. The second kappa shape index (κ2) is 2.77. The molecular weight excluding hydrogens is 141 g/mol. The Morgan fingerprint density at radius 2 is 2.56 bits per heavy atom. The average molecular weight is 147 g/mol. The fourth-order valence-corrected chi connectivity index (χ4v) is 1.16. The predicted octanol–water partition coefficient (Wildman–Crippen LogP) is 0.879. The van der Waals surface area contributed by atoms with E-state index < -0.39 is 6.67 Å². The Morgan fingerprint density at radius 1 is 1.78 bits per heavy atom. The van der Waals surface area contributed by atoms with Crippen LogP contribution in [0.25, 0.3) is 0 Å². The lowest BCUT2D eigenvalue weighted by molar-refractivity contribution is 0.443. The number of halogens is 1. The van der Waals surface area contributed by atoms with E-state index in [-0.39, 0.29) is 11.4 Å². The van der Waals surface area contributed by atoms with E-state index in [1.807, 2.05) is 0 Å². The summed E-state index contributed by atoms with van der Waals surface area (Å²) < 4.78 is 12.9. The zero-order valence-corrected chi connectivity index (χ0v) is 5.53. The number of aromatic nitrogens is 1. The van der Waals surface area contributed by atoms with E-state index in [1.54, 1.807) is 11.6 Å². The summed E-state index contributed by atoms with van der Waals surface area (Å²) in [5, 5.41) is 1.65. The first-order chi connectivity index (χ1) is 4.34. The van der Waals surface area contributed by atoms with Gasteiger partial charge in [-0.3, -0.25) is 4.79 Å². The smallest absolute Gasteiger partial charge is 0.303 e. The molecule has 0 unspecified atom stereocenters. The number of aryl methyl sites for hydroxylation is 1. The van der Waals surface area contributed by atoms with Gasteiger partial charge in [0.1, 0.15) is 6.67 Å². The number of hydrogen-bond acceptors (Lipinski definition) is 2. The lowest BCUT2D eigenvalue weighted by Gasteiger charge is -1.90. The highest BCUT2D eigenvalue weighted by atomic mass is 32.1. The van der Waals surface area contributed by atoms with Gasteiger partial charge in [-0.25, -0.2) is 4.39 Å². The number of hydrogen-bond donors (Lipinski definition) is 0. The Balaban J connectivity index is 2.81. The van der Waals surface area contributed by atoms with E-state index in [4.69, 9.17) is 0 Å². The first-order valence-electron chi connectivity index (χ1n) is 2.54. The Bertz CT molecular complexity index is 229. The molecule has 0 amide bonds. The van der Waals surface area contributed by atoms with Crippen molar-refractivity contribution in [3.63, 3.8) is 0 Å². The van der Waals surface area contributed by atoms with Crippen LogP contribution in [0, 0.1) is 0 Å². The SMILES string of the molecule is O=c1sccn1CCF. The number of alkyl halides is 1. The zero-order chi connectivity index (χ0) is 6.69. The molecule has 50 valence electrons. The molecule has 0 aliphatic carbocycles. The fourth-order valence-electron chi connectivity index (χ4n) is 0.548. The third-order valence-corrected chi connectivity index (χ3v) is 1.66. The molecule has 0 fully saturated rings. The maximum Gasteiger partial charge on any atom is 0.307 e. The van der Waals surface area contributed by atoms with Gasteiger partial charge in [0.05, 0.1) is 6.54 Å². The summed E-state index contributed by atoms with van der Waals surface area (Å²) in [7, 11) is 0. The van der Waals surface area contributed by atoms with Crippen LogP contribution in [-0.2, 0) is 6.54 Å². The summed E-state index contributed by atoms with van der Waals surface area (Å²) in [6.07, 6.45) is 1.59. The standard InChI is InChI=1S/C5H6FNOS/c6-1-2-7-3-4-9-5(7)8/h3-4H,1-2H2. The molecule has 4 heteroatoms. The zero-order valence-electron chi connectivity index (χ0n) is 4.71. The van der Waals surface area contributed by atoms with Crippen molar-refractivity contribution in [1.82, 2.24) is 4.57 Å². The molecule has 1 aromatic heterocycles. The van der Waals surface area contributed by atoms with E-state index in [0.29, 0.717) is 0 Å². The Hall–Kier alpha value is -0.640. The average Bonchev–Trinajstić information content (AvgIpc) is 2.18. The maximum atomic E-state index is 11.6. The van der Waals surface area contributed by atoms with E-state index in [9.17, 15) is 9.18 Å². The van der Waals surface area contributed by atoms with Crippen molar-refractivity contribution in [2.75, 3.05) is 6.67 Å². The largest absolute Gasteiger partial charge is 0.307 e. The van der Waals surface area contributed by atoms with Gasteiger partial charge >= 0.3 is 4.87 Å². The van der Waals surface area contributed by atoms with Crippen LogP contribution in [0.2, 0.25) is 0 Å². The normalized spacial score (nSPS) is 9.89. The monoisotopic (exact) mass is 147 g/mol. The topological polar surface area (TPSA) is 22.0 Å². The molecule has 0 N–H and O–H groups in total. The molecule has 1 aromatic rings. The highest BCUT2D eigenvalue weighted by molar-refractivity contribution is 7.07. The van der Waals surface area contributed by atoms with Crippen molar-refractivity contribution in [2.45, 2.75) is 6.54 Å². The molecule has 0 bridgehead atoms. The van der Waals surface area contributed by atoms with Crippen LogP contribution in [0.3, 0.4) is 0 Å². The van der Waals surface area contributed by atoms with E-state index in [0.717, 1.165) is 11.3 Å². The molecule has 0 saturated heterocycles. The van der Waals surface area contributed by atoms with Crippen LogP contribution in [0.4, 0.5) is 4.39 Å². The minimum absolute atomic E-state index is 0.0901. The summed E-state index contributed by atoms with van der Waals surface area (Å²) in [5.74, 6) is 0. The molecule has 0 spiro atoms. The van der Waals surface area contributed by atoms with Crippen molar-refractivity contribution < 1.29 is 4.39 Å². The van der Waals surface area contributed by atoms with Crippen molar-refractivity contribution >= 4 is 11.3 Å². The van der Waals surface area contributed by atoms with Gasteiger partial charge in [0.15, 0.2) is 0 Å². The first-order valence-corrected chi connectivity index (χ1v) is 3.42. The predicted molar refractivity (Wildman–Crippen MR) is 34.6 cm³/mol. The quantitative estimate of drug-likeness (QED) is 0.608. The molecule has 1 rings (SSSR count). The highest BCUT2D eigenvalue weighted by Crippen LogP contribution is 1.88. The maximum absolute atomic E-state index is 11.6. The molecule has 0 radical (unpaired) electrons. The second-order valence-corrected chi connectivity index (χ2v) is 2.41. The molecule has 2 nitrogen and oxygen atoms in total. The lowest BCUT2D eigenvalue weighted by Crippen LogP contribution is -2.12. The third kappa shape index (κ3) is 1.38. The lowest BCUT2D eigenvalue weighted by atomic mass is 10.7. The van der Waals surface area contributed by atoms with Crippen LogP contribution < -0.4 is 4.87 Å². The van der Waals surface area contributed by atoms with Gasteiger partial charge in [0.25, 0.3) is 0 Å². The molecule has 0 saturated carbocycles. The van der Waals surface area contributed by atoms with Gasteiger partial charge in [0.2, 0.25) is 0 Å². The minimum atomic E-state index is -0.476. The summed E-state index contributed by atoms with van der Waals surface area (Å²) >= 11 is 1.09. The van der Waals surface area contributed by atoms with Crippen molar-refractivity contribution in [1.29, 1.82) is 0 Å². The van der Waals surface area contributed by atoms with E-state index >= 15 is 0 Å². The van der Waals surface area contributed by atoms with Crippen LogP contribution in [-0.4, -0.2) is 11.2 Å². The van der Waals surface area contributed by atoms with E-state index in [1.165, 1.54) is 4.57 Å². The Kier molecular flexibility index (Phi) is 2.00. The molecular formula is C5H6FNOS. The number of thiazole rings is 1. The van der Waals surface area contributed by atoms with Crippen LogP contribution in [0.15, 0.2) is 16.4 Å². The minimum Gasteiger partial charge on any atom is -0.303 e. The van der Waals surface area contributed by atoms with Gasteiger partial charge in [-0.1, -0.05) is 11.3 Å². The number of rotatable bonds is 2. The first kappa shape index (κ1) is 6.48. The van der Waals surface area contributed by atoms with E-state index in [2.05, 4.69) is 0 Å².